The van der Waals surface area contributed by atoms with Crippen LogP contribution in [0.25, 0.3) is 0 Å². The average molecular weight is 364 g/mol. The molecule has 9 heteroatoms. The Balaban J connectivity index is 2.30. The van der Waals surface area contributed by atoms with Gasteiger partial charge in [0.2, 0.25) is 13.3 Å². The molecule has 0 heterocycles. The van der Waals surface area contributed by atoms with E-state index >= 15 is 0 Å². The molecular formula is C15H29N2O6P. The fourth-order valence-corrected chi connectivity index (χ4v) is 5.11. The highest BCUT2D eigenvalue weighted by molar-refractivity contribution is 7.58. The number of hydrogen-bond acceptors (Lipinski definition) is 5. The second-order valence-corrected chi connectivity index (χ2v) is 9.08. The summed E-state index contributed by atoms with van der Waals surface area (Å²) in [6, 6.07) is -0.975. The second kappa shape index (κ2) is 10.1. The highest BCUT2D eigenvalue weighted by Crippen LogP contribution is 2.45. The van der Waals surface area contributed by atoms with Gasteiger partial charge in [-0.05, 0) is 25.2 Å². The Morgan fingerprint density at radius 3 is 2.46 bits per heavy atom. The third kappa shape index (κ3) is 8.78. The van der Waals surface area contributed by atoms with Crippen molar-refractivity contribution in [2.75, 3.05) is 18.9 Å². The maximum atomic E-state index is 12.2. The Labute approximate surface area is 142 Å². The molecule has 1 aliphatic rings. The molecule has 6 N–H and O–H groups in total. The molecule has 8 nitrogen and oxygen atoms in total. The topological polar surface area (TPSA) is 150 Å². The maximum Gasteiger partial charge on any atom is 0.303 e. The number of aliphatic hydroxyl groups excluding tert-OH is 1. The summed E-state index contributed by atoms with van der Waals surface area (Å²) < 4.78 is 12.2. The van der Waals surface area contributed by atoms with E-state index in [-0.39, 0.29) is 37.6 Å². The van der Waals surface area contributed by atoms with Crippen LogP contribution in [0.15, 0.2) is 0 Å². The normalized spacial score (nSPS) is 20.8. The van der Waals surface area contributed by atoms with Gasteiger partial charge in [0.05, 0.1) is 18.3 Å². The zero-order valence-electron chi connectivity index (χ0n) is 13.9. The van der Waals surface area contributed by atoms with Gasteiger partial charge in [-0.1, -0.05) is 19.3 Å². The van der Waals surface area contributed by atoms with Gasteiger partial charge in [0.25, 0.3) is 0 Å². The lowest BCUT2D eigenvalue weighted by Gasteiger charge is -2.25. The Morgan fingerprint density at radius 2 is 1.88 bits per heavy atom. The summed E-state index contributed by atoms with van der Waals surface area (Å²) >= 11 is 0. The lowest BCUT2D eigenvalue weighted by molar-refractivity contribution is -0.137. The molecule has 0 aromatic carbocycles. The molecule has 0 aromatic rings. The van der Waals surface area contributed by atoms with Crippen LogP contribution in [0.4, 0.5) is 0 Å². The molecular weight excluding hydrogens is 335 g/mol. The van der Waals surface area contributed by atoms with Crippen molar-refractivity contribution in [3.63, 3.8) is 0 Å². The van der Waals surface area contributed by atoms with Crippen molar-refractivity contribution in [2.24, 2.45) is 11.7 Å². The predicted octanol–water partition coefficient (Wildman–Crippen LogP) is 0.506. The van der Waals surface area contributed by atoms with Crippen molar-refractivity contribution in [1.82, 2.24) is 5.32 Å². The van der Waals surface area contributed by atoms with Crippen molar-refractivity contribution in [2.45, 2.75) is 57.1 Å². The van der Waals surface area contributed by atoms with Gasteiger partial charge in [-0.15, -0.1) is 0 Å². The average Bonchev–Trinajstić information content (AvgIpc) is 2.50. The fourth-order valence-electron chi connectivity index (χ4n) is 3.00. The van der Waals surface area contributed by atoms with Crippen LogP contribution in [0.2, 0.25) is 0 Å². The fraction of sp³-hybridized carbons (Fsp3) is 0.867. The van der Waals surface area contributed by atoms with E-state index < -0.39 is 31.4 Å². The molecule has 0 aliphatic heterocycles. The summed E-state index contributed by atoms with van der Waals surface area (Å²) in [7, 11) is -3.44. The standard InChI is InChI=1S/C15H29N2O6P/c16-13(6-7-14(19)20)15(21)17-8-12(18)10-24(22,23)9-11-4-2-1-3-5-11/h11-13,18H,1-10,16H2,(H,17,21)(H,19,20)(H,22,23)/t12-,13+/m1/s1. The van der Waals surface area contributed by atoms with E-state index in [1.165, 1.54) is 6.42 Å². The van der Waals surface area contributed by atoms with Gasteiger partial charge >= 0.3 is 5.97 Å². The van der Waals surface area contributed by atoms with Crippen LogP contribution in [0, 0.1) is 5.92 Å². The SMILES string of the molecule is N[C@@H](CCC(=O)O)C(=O)NC[C@@H](O)CP(=O)(O)CC1CCCCC1. The molecule has 3 atom stereocenters. The van der Waals surface area contributed by atoms with Gasteiger partial charge in [0, 0.05) is 19.1 Å². The molecule has 1 saturated carbocycles. The van der Waals surface area contributed by atoms with Crippen LogP contribution in [0.3, 0.4) is 0 Å². The second-order valence-electron chi connectivity index (χ2n) is 6.65. The first kappa shape index (κ1) is 21.1. The van der Waals surface area contributed by atoms with E-state index in [0.29, 0.717) is 0 Å². The van der Waals surface area contributed by atoms with Crippen LogP contribution < -0.4 is 11.1 Å². The van der Waals surface area contributed by atoms with Gasteiger partial charge in [0.15, 0.2) is 0 Å². The number of nitrogens with one attached hydrogen (secondary N) is 1. The number of rotatable bonds is 10. The largest absolute Gasteiger partial charge is 0.481 e. The molecule has 1 rings (SSSR count). The minimum Gasteiger partial charge on any atom is -0.481 e. The van der Waals surface area contributed by atoms with Crippen LogP contribution in [0.1, 0.15) is 44.9 Å². The number of carboxylic acids is 1. The van der Waals surface area contributed by atoms with Crippen LogP contribution >= 0.6 is 7.37 Å². The molecule has 140 valence electrons. The van der Waals surface area contributed by atoms with Crippen molar-refractivity contribution in [3.8, 4) is 0 Å². The van der Waals surface area contributed by atoms with Gasteiger partial charge in [-0.3, -0.25) is 14.2 Å². The van der Waals surface area contributed by atoms with E-state index in [9.17, 15) is 24.2 Å². The Kier molecular flexibility index (Phi) is 8.91. The molecule has 1 aliphatic carbocycles. The van der Waals surface area contributed by atoms with Crippen molar-refractivity contribution in [3.05, 3.63) is 0 Å². The molecule has 1 fully saturated rings. The number of carbonyl (C=O) groups excluding carboxylic acids is 1. The van der Waals surface area contributed by atoms with E-state index in [1.54, 1.807) is 0 Å². The van der Waals surface area contributed by atoms with E-state index in [2.05, 4.69) is 5.32 Å². The first-order valence-electron chi connectivity index (χ1n) is 8.43. The number of aliphatic hydroxyl groups is 1. The molecule has 24 heavy (non-hydrogen) atoms. The van der Waals surface area contributed by atoms with Crippen LogP contribution in [-0.4, -0.2) is 58.0 Å². The summed E-state index contributed by atoms with van der Waals surface area (Å²) in [6.07, 6.45) is 3.86. The molecule has 0 bridgehead atoms. The summed E-state index contributed by atoms with van der Waals surface area (Å²) in [5.74, 6) is -1.38. The van der Waals surface area contributed by atoms with Gasteiger partial charge < -0.3 is 26.2 Å². The first-order chi connectivity index (χ1) is 11.2. The van der Waals surface area contributed by atoms with Crippen LogP contribution in [-0.2, 0) is 14.2 Å². The van der Waals surface area contributed by atoms with Gasteiger partial charge in [-0.25, -0.2) is 0 Å². The Bertz CT molecular complexity index is 467. The number of aliphatic carboxylic acids is 1. The van der Waals surface area contributed by atoms with Crippen molar-refractivity contribution in [1.29, 1.82) is 0 Å². The number of carbonyl (C=O) groups is 2. The molecule has 0 spiro atoms. The lowest BCUT2D eigenvalue weighted by Crippen LogP contribution is -2.44. The number of carboxylic acid groups (broad SMARTS) is 1. The van der Waals surface area contributed by atoms with Crippen molar-refractivity contribution < 1.29 is 29.3 Å². The van der Waals surface area contributed by atoms with E-state index in [4.69, 9.17) is 10.8 Å². The molecule has 1 amide bonds. The summed E-state index contributed by atoms with van der Waals surface area (Å²) in [5, 5.41) is 20.8. The highest BCUT2D eigenvalue weighted by Gasteiger charge is 2.28. The predicted molar refractivity (Wildman–Crippen MR) is 90.0 cm³/mol. The minimum atomic E-state index is -3.44. The third-order valence-electron chi connectivity index (χ3n) is 4.28. The van der Waals surface area contributed by atoms with Crippen LogP contribution in [0.5, 0.6) is 0 Å². The van der Waals surface area contributed by atoms with E-state index in [0.717, 1.165) is 25.7 Å². The number of amides is 1. The monoisotopic (exact) mass is 364 g/mol. The zero-order chi connectivity index (χ0) is 18.2. The Morgan fingerprint density at radius 1 is 1.25 bits per heavy atom. The highest BCUT2D eigenvalue weighted by atomic mass is 31.2. The van der Waals surface area contributed by atoms with Gasteiger partial charge in [0.1, 0.15) is 0 Å². The summed E-state index contributed by atoms with van der Waals surface area (Å²) in [5.41, 5.74) is 5.54. The molecule has 0 radical (unpaired) electrons. The van der Waals surface area contributed by atoms with E-state index in [1.807, 2.05) is 0 Å². The summed E-state index contributed by atoms with van der Waals surface area (Å²) in [4.78, 5) is 32.1. The molecule has 1 unspecified atom stereocenters. The first-order valence-corrected chi connectivity index (χ1v) is 10.5. The minimum absolute atomic E-state index is 0.00254. The number of hydrogen-bond donors (Lipinski definition) is 5. The summed E-state index contributed by atoms with van der Waals surface area (Å²) in [6.45, 7) is -0.172. The van der Waals surface area contributed by atoms with Crippen molar-refractivity contribution >= 4 is 19.2 Å². The molecule has 0 saturated heterocycles. The molecule has 0 aromatic heterocycles. The smallest absolute Gasteiger partial charge is 0.303 e. The third-order valence-corrected chi connectivity index (χ3v) is 6.36. The quantitative estimate of drug-likeness (QED) is 0.354. The van der Waals surface area contributed by atoms with Gasteiger partial charge in [-0.2, -0.15) is 0 Å². The zero-order valence-corrected chi connectivity index (χ0v) is 14.8. The Hall–Kier alpha value is -0.950. The number of nitrogens with two attached hydrogens (primary N) is 1. The maximum absolute atomic E-state index is 12.2. The lowest BCUT2D eigenvalue weighted by atomic mass is 9.91.